The molecule has 107 heavy (non-hydrogen) atoms. The number of phosphoric ester groups is 2. The van der Waals surface area contributed by atoms with Gasteiger partial charge in [-0.1, -0.05) is 314 Å². The minimum Gasteiger partial charge on any atom is -0.463 e. The average molecular weight is 1540 g/mol. The molecule has 0 aliphatic carbocycles. The fourth-order valence-electron chi connectivity index (χ4n) is 10.9. The van der Waals surface area contributed by atoms with Crippen molar-refractivity contribution in [3.8, 4) is 0 Å². The van der Waals surface area contributed by atoms with Crippen molar-refractivity contribution in [1.82, 2.24) is 0 Å². The molecule has 0 spiro atoms. The van der Waals surface area contributed by atoms with E-state index in [1.54, 1.807) is 0 Å². The van der Waals surface area contributed by atoms with Gasteiger partial charge in [-0.25, -0.2) is 9.13 Å². The van der Waals surface area contributed by atoms with Gasteiger partial charge in [0.1, 0.15) is 25.4 Å². The van der Waals surface area contributed by atoms with Gasteiger partial charge in [-0.15, -0.1) is 0 Å². The van der Waals surface area contributed by atoms with Crippen LogP contribution in [0.2, 0.25) is 0 Å². The van der Waals surface area contributed by atoms with Gasteiger partial charge in [0.05, 0.1) is 26.4 Å². The Balaban J connectivity index is 4.60. The number of aliphatic hydroxyl groups excluding tert-OH is 2. The number of rotatable bonds is 78. The molecular weight excluding hydrogens is 1390 g/mol. The van der Waals surface area contributed by atoms with Crippen molar-refractivity contribution in [2.75, 3.05) is 39.6 Å². The normalized spacial score (nSPS) is 14.7. The van der Waals surface area contributed by atoms with E-state index in [1.165, 1.54) is 122 Å². The predicted octanol–water partition coefficient (Wildman–Crippen LogP) is 25.0. The van der Waals surface area contributed by atoms with Gasteiger partial charge < -0.3 is 34.2 Å². The molecule has 0 bridgehead atoms. The lowest BCUT2D eigenvalue weighted by Crippen LogP contribution is -2.30. The van der Waals surface area contributed by atoms with E-state index in [4.69, 9.17) is 32.3 Å². The van der Waals surface area contributed by atoms with Gasteiger partial charge in [0.15, 0.2) is 6.10 Å². The number of hydrogen-bond donors (Lipinski definition) is 4. The van der Waals surface area contributed by atoms with Crippen LogP contribution in [0.15, 0.2) is 158 Å². The summed E-state index contributed by atoms with van der Waals surface area (Å²) in [6.45, 7) is 2.46. The molecule has 0 amide bonds. The molecule has 0 heterocycles. The van der Waals surface area contributed by atoms with Gasteiger partial charge in [0, 0.05) is 19.3 Å². The van der Waals surface area contributed by atoms with Gasteiger partial charge in [-0.3, -0.25) is 32.5 Å². The third-order valence-corrected chi connectivity index (χ3v) is 19.1. The maximum absolute atomic E-state index is 13.0. The number of carbonyl (C=O) groups is 3. The summed E-state index contributed by atoms with van der Waals surface area (Å²) in [7, 11) is -9.82. The topological polar surface area (TPSA) is 231 Å². The Morgan fingerprint density at radius 2 is 0.495 bits per heavy atom. The average Bonchev–Trinajstić information content (AvgIpc) is 0.928. The van der Waals surface area contributed by atoms with Crippen molar-refractivity contribution in [3.05, 3.63) is 158 Å². The van der Waals surface area contributed by atoms with Crippen molar-refractivity contribution in [2.24, 2.45) is 0 Å². The summed E-state index contributed by atoms with van der Waals surface area (Å²) in [5.41, 5.74) is 0. The summed E-state index contributed by atoms with van der Waals surface area (Å²) >= 11 is 0. The third kappa shape index (κ3) is 82.0. The molecule has 0 saturated heterocycles. The number of phosphoric acid groups is 2. The fourth-order valence-corrected chi connectivity index (χ4v) is 12.4. The van der Waals surface area contributed by atoms with Crippen LogP contribution in [0.3, 0.4) is 0 Å². The molecule has 612 valence electrons. The Morgan fingerprint density at radius 1 is 0.271 bits per heavy atom. The third-order valence-electron chi connectivity index (χ3n) is 17.2. The number of aliphatic hydroxyl groups is 2. The standard InChI is InChI=1S/C89H150O16P2/c1-4-7-10-13-16-19-22-25-28-31-34-36-37-38-39-40-41-42-43-44-45-47-50-51-54-57-60-63-66-69-72-75-87(92)99-78-84(90)79-101-106(95,96)102-80-85(91)81-103-107(97,98)104-83-86(105-89(94)77-74-71-68-65-62-59-56-53-48-33-30-27-24-21-18-15-12-9-6-3)82-100-88(93)76-73-70-67-64-61-58-55-52-49-46-35-32-29-26-23-20-17-14-11-8-5-2/h8,11,16-21,25-30,34-36,38-39,46,48,52-53,55,61,64,84-86,90-91H,4-7,9-10,12-15,22-24,31-33,37,40-45,47,49-51,54,56-60,62-63,65-83H2,1-3H3,(H,95,96)(H,97,98)/b11-8-,19-16-,20-17-,21-18-,28-25-,29-26-,30-27-,36-34-,39-38-,46-35-,53-48-,55-52-,64-61-. The van der Waals surface area contributed by atoms with Crippen LogP contribution in [-0.4, -0.2) is 95.9 Å². The van der Waals surface area contributed by atoms with Crippen LogP contribution in [0, 0.1) is 0 Å². The van der Waals surface area contributed by atoms with Crippen molar-refractivity contribution < 1.29 is 75.8 Å². The SMILES string of the molecule is CC/C=C\C/C=C\C/C=C\C/C=C\C/C=C\C/C=C\CCCCC(=O)OCC(COP(=O)(O)OCC(O)COP(=O)(O)OCC(O)COC(=O)CCCCCCCCCCCCCCCCC/C=C\C/C=C\C/C=C\C/C=C\CCCCC)OC(=O)CCCCCCCC/C=C\C/C=C\C/C=C\CCCCC. The van der Waals surface area contributed by atoms with E-state index in [2.05, 4.69) is 179 Å². The van der Waals surface area contributed by atoms with Gasteiger partial charge in [-0.05, 0) is 154 Å². The van der Waals surface area contributed by atoms with E-state index >= 15 is 0 Å². The highest BCUT2D eigenvalue weighted by Gasteiger charge is 2.29. The van der Waals surface area contributed by atoms with Gasteiger partial charge in [0.2, 0.25) is 0 Å². The molecule has 5 unspecified atom stereocenters. The molecule has 0 radical (unpaired) electrons. The second-order valence-corrected chi connectivity index (χ2v) is 30.4. The summed E-state index contributed by atoms with van der Waals surface area (Å²) in [5.74, 6) is -1.64. The van der Waals surface area contributed by atoms with Gasteiger partial charge in [0.25, 0.3) is 0 Å². The van der Waals surface area contributed by atoms with Crippen LogP contribution >= 0.6 is 15.6 Å². The van der Waals surface area contributed by atoms with Crippen LogP contribution in [0.4, 0.5) is 0 Å². The Hall–Kier alpha value is -4.83. The molecule has 4 N–H and O–H groups in total. The Kier molecular flexibility index (Phi) is 77.0. The summed E-state index contributed by atoms with van der Waals surface area (Å²) in [6, 6.07) is 0. The molecule has 5 atom stereocenters. The van der Waals surface area contributed by atoms with E-state index in [0.717, 1.165) is 148 Å². The first-order chi connectivity index (χ1) is 52.2. The number of ether oxygens (including phenoxy) is 3. The Morgan fingerprint density at radius 3 is 0.804 bits per heavy atom. The zero-order chi connectivity index (χ0) is 78.0. The van der Waals surface area contributed by atoms with Crippen LogP contribution < -0.4 is 0 Å². The first-order valence-corrected chi connectivity index (χ1v) is 44.8. The highest BCUT2D eigenvalue weighted by atomic mass is 31.2. The van der Waals surface area contributed by atoms with E-state index in [1.807, 2.05) is 0 Å². The number of allylic oxidation sites excluding steroid dienone is 26. The van der Waals surface area contributed by atoms with Crippen LogP contribution in [0.25, 0.3) is 0 Å². The first kappa shape index (κ1) is 102. The van der Waals surface area contributed by atoms with Crippen molar-refractivity contribution in [3.63, 3.8) is 0 Å². The number of esters is 3. The van der Waals surface area contributed by atoms with Gasteiger partial charge in [-0.2, -0.15) is 0 Å². The largest absolute Gasteiger partial charge is 0.472 e. The van der Waals surface area contributed by atoms with E-state index in [9.17, 15) is 43.5 Å². The maximum atomic E-state index is 13.0. The number of carbonyl (C=O) groups excluding carboxylic acids is 3. The first-order valence-electron chi connectivity index (χ1n) is 41.8. The fraction of sp³-hybridized carbons (Fsp3) is 0.674. The molecule has 0 aliphatic rings. The summed E-state index contributed by atoms with van der Waals surface area (Å²) in [5, 5.41) is 20.7. The zero-order valence-electron chi connectivity index (χ0n) is 67.0. The monoisotopic (exact) mass is 1540 g/mol. The second-order valence-electron chi connectivity index (χ2n) is 27.5. The molecule has 0 rings (SSSR count). The highest BCUT2D eigenvalue weighted by Crippen LogP contribution is 2.45. The van der Waals surface area contributed by atoms with Crippen LogP contribution in [-0.2, 0) is 55.8 Å². The summed E-state index contributed by atoms with van der Waals surface area (Å²) < 4.78 is 61.2. The van der Waals surface area contributed by atoms with Crippen LogP contribution in [0.1, 0.15) is 329 Å². The van der Waals surface area contributed by atoms with Gasteiger partial charge >= 0.3 is 33.6 Å². The summed E-state index contributed by atoms with van der Waals surface area (Å²) in [4.78, 5) is 58.8. The quantitative estimate of drug-likeness (QED) is 0.0146. The smallest absolute Gasteiger partial charge is 0.463 e. The molecule has 0 aliphatic heterocycles. The minimum atomic E-state index is -4.95. The van der Waals surface area contributed by atoms with Crippen molar-refractivity contribution in [2.45, 2.75) is 347 Å². The predicted molar refractivity (Wildman–Crippen MR) is 445 cm³/mol. The van der Waals surface area contributed by atoms with Crippen molar-refractivity contribution in [1.29, 1.82) is 0 Å². The maximum Gasteiger partial charge on any atom is 0.472 e. The Labute approximate surface area is 650 Å². The molecule has 0 saturated carbocycles. The molecular formula is C89H150O16P2. The molecule has 0 aromatic rings. The second kappa shape index (κ2) is 80.7. The summed E-state index contributed by atoms with van der Waals surface area (Å²) in [6.07, 6.45) is 101. The highest BCUT2D eigenvalue weighted by molar-refractivity contribution is 7.47. The molecule has 0 fully saturated rings. The lowest BCUT2D eigenvalue weighted by molar-refractivity contribution is -0.161. The molecule has 0 aromatic heterocycles. The lowest BCUT2D eigenvalue weighted by Gasteiger charge is -2.21. The van der Waals surface area contributed by atoms with E-state index < -0.39 is 91.5 Å². The molecule has 0 aromatic carbocycles. The Bertz CT molecular complexity index is 2580. The van der Waals surface area contributed by atoms with E-state index in [-0.39, 0.29) is 19.3 Å². The molecule has 16 nitrogen and oxygen atoms in total. The lowest BCUT2D eigenvalue weighted by atomic mass is 10.0. The number of unbranched alkanes of at least 4 members (excludes halogenated alkanes) is 29. The zero-order valence-corrected chi connectivity index (χ0v) is 68.8. The molecule has 18 heteroatoms. The van der Waals surface area contributed by atoms with Crippen molar-refractivity contribution >= 4 is 33.6 Å². The minimum absolute atomic E-state index is 0.0751. The van der Waals surface area contributed by atoms with E-state index in [0.29, 0.717) is 19.3 Å². The van der Waals surface area contributed by atoms with Crippen LogP contribution in [0.5, 0.6) is 0 Å². The number of hydrogen-bond acceptors (Lipinski definition) is 14.